The van der Waals surface area contributed by atoms with Gasteiger partial charge in [-0.1, -0.05) is 18.5 Å². The first-order chi connectivity index (χ1) is 9.11. The highest BCUT2D eigenvalue weighted by atomic mass is 35.5. The maximum Gasteiger partial charge on any atom is 0.151 e. The van der Waals surface area contributed by atoms with E-state index < -0.39 is 0 Å². The molecule has 2 N–H and O–H groups in total. The monoisotopic (exact) mass is 277 g/mol. The zero-order valence-electron chi connectivity index (χ0n) is 10.8. The lowest BCUT2D eigenvalue weighted by molar-refractivity contribution is 0.183. The van der Waals surface area contributed by atoms with Gasteiger partial charge in [0, 0.05) is 12.6 Å². The molecular formula is C13H16ClN5. The first kappa shape index (κ1) is 12.4. The Morgan fingerprint density at radius 3 is 2.74 bits per heavy atom. The fraction of sp³-hybridized carbons (Fsp3) is 0.462. The van der Waals surface area contributed by atoms with Gasteiger partial charge in [0.2, 0.25) is 0 Å². The summed E-state index contributed by atoms with van der Waals surface area (Å²) in [5.74, 6) is 2.20. The molecule has 1 fully saturated rings. The zero-order chi connectivity index (χ0) is 13.4. The Balaban J connectivity index is 1.78. The van der Waals surface area contributed by atoms with E-state index in [2.05, 4.69) is 22.2 Å². The predicted molar refractivity (Wildman–Crippen MR) is 74.6 cm³/mol. The number of rotatable bonds is 3. The highest BCUT2D eigenvalue weighted by molar-refractivity contribution is 6.29. The molecule has 2 aromatic rings. The van der Waals surface area contributed by atoms with Crippen molar-refractivity contribution in [3.05, 3.63) is 23.4 Å². The molecule has 100 valence electrons. The third-order valence-corrected chi connectivity index (χ3v) is 3.81. The van der Waals surface area contributed by atoms with Crippen LogP contribution in [-0.4, -0.2) is 20.0 Å². The predicted octanol–water partition coefficient (Wildman–Crippen LogP) is 2.62. The van der Waals surface area contributed by atoms with Crippen molar-refractivity contribution >= 4 is 17.4 Å². The number of nitrogens with two attached hydrogens (primary N) is 1. The molecule has 0 spiro atoms. The maximum absolute atomic E-state index is 6.00. The molecule has 0 atom stereocenters. The summed E-state index contributed by atoms with van der Waals surface area (Å²) in [6.45, 7) is 3.16. The summed E-state index contributed by atoms with van der Waals surface area (Å²) in [6.07, 6.45) is 2.52. The Hall–Kier alpha value is -1.62. The minimum Gasteiger partial charge on any atom is -0.384 e. The quantitative estimate of drug-likeness (QED) is 0.936. The van der Waals surface area contributed by atoms with Gasteiger partial charge in [0.15, 0.2) is 5.15 Å². The van der Waals surface area contributed by atoms with Crippen molar-refractivity contribution in [1.29, 1.82) is 0 Å². The number of hydrogen-bond donors (Lipinski definition) is 1. The lowest BCUT2D eigenvalue weighted by Gasteiger charge is -2.32. The molecule has 19 heavy (non-hydrogen) atoms. The average Bonchev–Trinajstić information content (AvgIpc) is 2.70. The molecule has 5 nitrogen and oxygen atoms in total. The third-order valence-electron chi connectivity index (χ3n) is 3.61. The lowest BCUT2D eigenvalue weighted by Crippen LogP contribution is -2.26. The number of anilines is 1. The highest BCUT2D eigenvalue weighted by Gasteiger charge is 2.26. The van der Waals surface area contributed by atoms with E-state index in [0.29, 0.717) is 22.6 Å². The van der Waals surface area contributed by atoms with E-state index >= 15 is 0 Å². The lowest BCUT2D eigenvalue weighted by atomic mass is 9.76. The summed E-state index contributed by atoms with van der Waals surface area (Å²) >= 11 is 5.72. The molecule has 0 unspecified atom stereocenters. The van der Waals surface area contributed by atoms with Crippen molar-refractivity contribution < 1.29 is 0 Å². The second kappa shape index (κ2) is 4.81. The second-order valence-corrected chi connectivity index (χ2v) is 5.71. The van der Waals surface area contributed by atoms with Crippen molar-refractivity contribution in [2.24, 2.45) is 11.8 Å². The van der Waals surface area contributed by atoms with Crippen LogP contribution in [0.5, 0.6) is 0 Å². The maximum atomic E-state index is 6.00. The fourth-order valence-electron chi connectivity index (χ4n) is 2.62. The van der Waals surface area contributed by atoms with Crippen LogP contribution in [0.1, 0.15) is 19.8 Å². The summed E-state index contributed by atoms with van der Waals surface area (Å²) < 4.78 is 1.86. The van der Waals surface area contributed by atoms with Gasteiger partial charge in [-0.05, 0) is 36.8 Å². The molecule has 6 heteroatoms. The summed E-state index contributed by atoms with van der Waals surface area (Å²) in [5, 5.41) is 12.7. The van der Waals surface area contributed by atoms with E-state index in [9.17, 15) is 0 Å². The van der Waals surface area contributed by atoms with Crippen LogP contribution in [0.15, 0.2) is 18.2 Å². The number of halogens is 1. The Bertz CT molecular complexity index is 571. The molecule has 0 radical (unpaired) electrons. The zero-order valence-corrected chi connectivity index (χ0v) is 11.5. The molecule has 0 aromatic carbocycles. The van der Waals surface area contributed by atoms with Crippen LogP contribution in [0.25, 0.3) is 11.4 Å². The summed E-state index contributed by atoms with van der Waals surface area (Å²) in [5.41, 5.74) is 7.43. The molecule has 3 rings (SSSR count). The van der Waals surface area contributed by atoms with Crippen LogP contribution < -0.4 is 5.73 Å². The van der Waals surface area contributed by atoms with Crippen molar-refractivity contribution in [3.63, 3.8) is 0 Å². The minimum absolute atomic E-state index is 0.375. The third kappa shape index (κ3) is 2.56. The number of nitrogens with zero attached hydrogens (tertiary/aromatic N) is 4. The topological polar surface area (TPSA) is 69.6 Å². The molecule has 2 heterocycles. The van der Waals surface area contributed by atoms with E-state index in [1.807, 2.05) is 10.7 Å². The average molecular weight is 278 g/mol. The van der Waals surface area contributed by atoms with Crippen molar-refractivity contribution in [1.82, 2.24) is 20.0 Å². The van der Waals surface area contributed by atoms with Gasteiger partial charge in [-0.2, -0.15) is 5.10 Å². The largest absolute Gasteiger partial charge is 0.384 e. The Kier molecular flexibility index (Phi) is 3.14. The van der Waals surface area contributed by atoms with E-state index in [0.717, 1.165) is 18.2 Å². The van der Waals surface area contributed by atoms with E-state index in [1.54, 1.807) is 12.1 Å². The highest BCUT2D eigenvalue weighted by Crippen LogP contribution is 2.34. The van der Waals surface area contributed by atoms with Gasteiger partial charge in [0.25, 0.3) is 0 Å². The molecule has 1 aliphatic rings. The van der Waals surface area contributed by atoms with Gasteiger partial charge in [0.05, 0.1) is 0 Å². The summed E-state index contributed by atoms with van der Waals surface area (Å²) in [4.78, 5) is 0. The van der Waals surface area contributed by atoms with Crippen LogP contribution in [0.4, 0.5) is 5.82 Å². The van der Waals surface area contributed by atoms with Crippen LogP contribution in [-0.2, 0) is 6.54 Å². The van der Waals surface area contributed by atoms with Gasteiger partial charge in [-0.15, -0.1) is 10.2 Å². The molecule has 0 aliphatic heterocycles. The van der Waals surface area contributed by atoms with Crippen LogP contribution in [0, 0.1) is 11.8 Å². The molecule has 1 saturated carbocycles. The van der Waals surface area contributed by atoms with E-state index in [-0.39, 0.29) is 0 Å². The van der Waals surface area contributed by atoms with Crippen LogP contribution >= 0.6 is 11.6 Å². The number of aromatic nitrogens is 4. The standard InChI is InChI=1S/C13H16ClN5/c1-8-4-9(5-8)7-19-13(15)6-11(18-19)10-2-3-12(14)17-16-10/h2-3,6,8-9H,4-5,7,15H2,1H3. The summed E-state index contributed by atoms with van der Waals surface area (Å²) in [6, 6.07) is 5.33. The number of nitrogen functional groups attached to an aromatic ring is 1. The van der Waals surface area contributed by atoms with Crippen molar-refractivity contribution in [2.75, 3.05) is 5.73 Å². The van der Waals surface area contributed by atoms with Gasteiger partial charge in [0.1, 0.15) is 17.2 Å². The Morgan fingerprint density at radius 1 is 1.32 bits per heavy atom. The molecule has 0 bridgehead atoms. The van der Waals surface area contributed by atoms with E-state index in [4.69, 9.17) is 17.3 Å². The van der Waals surface area contributed by atoms with Crippen LogP contribution in [0.3, 0.4) is 0 Å². The Labute approximate surface area is 116 Å². The fourth-order valence-corrected chi connectivity index (χ4v) is 2.72. The first-order valence-electron chi connectivity index (χ1n) is 6.44. The molecule has 0 amide bonds. The van der Waals surface area contributed by atoms with Gasteiger partial charge in [-0.3, -0.25) is 0 Å². The smallest absolute Gasteiger partial charge is 0.151 e. The Morgan fingerprint density at radius 2 is 2.11 bits per heavy atom. The van der Waals surface area contributed by atoms with Crippen molar-refractivity contribution in [3.8, 4) is 11.4 Å². The van der Waals surface area contributed by atoms with Crippen molar-refractivity contribution in [2.45, 2.75) is 26.3 Å². The molecule has 1 aliphatic carbocycles. The SMILES string of the molecule is CC1CC(Cn2nc(-c3ccc(Cl)nn3)cc2N)C1. The second-order valence-electron chi connectivity index (χ2n) is 5.32. The minimum atomic E-state index is 0.375. The van der Waals surface area contributed by atoms with E-state index in [1.165, 1.54) is 12.8 Å². The first-order valence-corrected chi connectivity index (χ1v) is 6.82. The van der Waals surface area contributed by atoms with Gasteiger partial charge < -0.3 is 5.73 Å². The van der Waals surface area contributed by atoms with Gasteiger partial charge >= 0.3 is 0 Å². The molecule has 0 saturated heterocycles. The normalized spacial score (nSPS) is 22.2. The molecule has 2 aromatic heterocycles. The summed E-state index contributed by atoms with van der Waals surface area (Å²) in [7, 11) is 0. The number of hydrogen-bond acceptors (Lipinski definition) is 4. The molecular weight excluding hydrogens is 262 g/mol. The van der Waals surface area contributed by atoms with Gasteiger partial charge in [-0.25, -0.2) is 4.68 Å². The van der Waals surface area contributed by atoms with Crippen LogP contribution in [0.2, 0.25) is 5.15 Å².